The fourth-order valence-corrected chi connectivity index (χ4v) is 2.28. The molecular weight excluding hydrogens is 268 g/mol. The number of carbonyl (C=O) groups is 4. The van der Waals surface area contributed by atoms with Crippen LogP contribution in [0.15, 0.2) is 12.2 Å². The third kappa shape index (κ3) is 5.03. The Kier molecular flexibility index (Phi) is 9.42. The third-order valence-corrected chi connectivity index (χ3v) is 3.48. The molecule has 0 aliphatic rings. The molecule has 0 aromatic rings. The van der Waals surface area contributed by atoms with Gasteiger partial charge in [-0.1, -0.05) is 39.3 Å². The summed E-state index contributed by atoms with van der Waals surface area (Å²) in [6.07, 6.45) is 6.18. The Balaban J connectivity index is 5.70. The molecule has 4 heteroatoms. The van der Waals surface area contributed by atoms with E-state index in [4.69, 9.17) is 0 Å². The summed E-state index contributed by atoms with van der Waals surface area (Å²) in [5.41, 5.74) is -1.68. The SMILES string of the molecule is CCCCC(=O)C(C=CCC=O)(C(=O)CC)C(=O)CCC. The minimum absolute atomic E-state index is 0.0964. The molecule has 0 bridgehead atoms. The van der Waals surface area contributed by atoms with Gasteiger partial charge in [0.15, 0.2) is 22.8 Å². The van der Waals surface area contributed by atoms with E-state index in [9.17, 15) is 19.2 Å². The van der Waals surface area contributed by atoms with Crippen LogP contribution in [0.25, 0.3) is 0 Å². The van der Waals surface area contributed by atoms with Crippen molar-refractivity contribution in [3.05, 3.63) is 12.2 Å². The quantitative estimate of drug-likeness (QED) is 0.315. The lowest BCUT2D eigenvalue weighted by Crippen LogP contribution is -2.44. The molecule has 0 aliphatic heterocycles. The molecule has 0 aromatic carbocycles. The van der Waals surface area contributed by atoms with E-state index >= 15 is 0 Å². The lowest BCUT2D eigenvalue weighted by molar-refractivity contribution is -0.145. The number of hydrogen-bond donors (Lipinski definition) is 0. The number of unbranched alkanes of at least 4 members (excludes halogenated alkanes) is 1. The van der Waals surface area contributed by atoms with E-state index in [-0.39, 0.29) is 43.0 Å². The van der Waals surface area contributed by atoms with E-state index in [0.29, 0.717) is 19.1 Å². The van der Waals surface area contributed by atoms with Gasteiger partial charge in [0.2, 0.25) is 0 Å². The fraction of sp³-hybridized carbons (Fsp3) is 0.647. The van der Waals surface area contributed by atoms with Gasteiger partial charge in [-0.05, 0) is 12.8 Å². The standard InChI is InChI=1S/C17H26O4/c1-4-7-11-16(21)17(14(19)6-3,12-8-9-13-18)15(20)10-5-2/h8,12-13H,4-7,9-11H2,1-3H3. The Morgan fingerprint density at radius 3 is 2.00 bits per heavy atom. The first-order valence-corrected chi connectivity index (χ1v) is 7.72. The van der Waals surface area contributed by atoms with Crippen LogP contribution in [-0.4, -0.2) is 23.6 Å². The number of Topliss-reactive ketones (excluding diaryl/α,β-unsaturated/α-hetero) is 3. The zero-order chi connectivity index (χ0) is 16.3. The van der Waals surface area contributed by atoms with Crippen molar-refractivity contribution in [3.63, 3.8) is 0 Å². The van der Waals surface area contributed by atoms with Crippen LogP contribution in [-0.2, 0) is 19.2 Å². The number of allylic oxidation sites excluding steroid dienone is 2. The molecule has 0 fully saturated rings. The molecule has 0 heterocycles. The smallest absolute Gasteiger partial charge is 0.163 e. The van der Waals surface area contributed by atoms with Gasteiger partial charge >= 0.3 is 0 Å². The third-order valence-electron chi connectivity index (χ3n) is 3.48. The summed E-state index contributed by atoms with van der Waals surface area (Å²) in [4.78, 5) is 47.9. The summed E-state index contributed by atoms with van der Waals surface area (Å²) in [6, 6.07) is 0. The Morgan fingerprint density at radius 1 is 0.905 bits per heavy atom. The predicted octanol–water partition coefficient (Wildman–Crippen LogP) is 3.23. The van der Waals surface area contributed by atoms with Crippen molar-refractivity contribution in [2.45, 2.75) is 65.7 Å². The Hall–Kier alpha value is -1.58. The molecule has 0 aliphatic carbocycles. The van der Waals surface area contributed by atoms with Gasteiger partial charge in [0.05, 0.1) is 0 Å². The van der Waals surface area contributed by atoms with Gasteiger partial charge in [0, 0.05) is 25.7 Å². The maximum absolute atomic E-state index is 12.6. The average molecular weight is 294 g/mol. The highest BCUT2D eigenvalue weighted by atomic mass is 16.2. The maximum atomic E-state index is 12.6. The summed E-state index contributed by atoms with van der Waals surface area (Å²) in [7, 11) is 0. The van der Waals surface area contributed by atoms with Gasteiger partial charge in [0.25, 0.3) is 0 Å². The van der Waals surface area contributed by atoms with Gasteiger partial charge in [-0.2, -0.15) is 0 Å². The van der Waals surface area contributed by atoms with Crippen LogP contribution >= 0.6 is 0 Å². The number of hydrogen-bond acceptors (Lipinski definition) is 4. The largest absolute Gasteiger partial charge is 0.303 e. The van der Waals surface area contributed by atoms with Crippen LogP contribution in [0.3, 0.4) is 0 Å². The fourth-order valence-electron chi connectivity index (χ4n) is 2.28. The number of rotatable bonds is 12. The summed E-state index contributed by atoms with van der Waals surface area (Å²) in [6.45, 7) is 5.44. The Bertz CT molecular complexity index is 409. The number of ketones is 3. The first-order chi connectivity index (χ1) is 10.0. The van der Waals surface area contributed by atoms with Crippen molar-refractivity contribution < 1.29 is 19.2 Å². The van der Waals surface area contributed by atoms with Gasteiger partial charge in [-0.15, -0.1) is 0 Å². The van der Waals surface area contributed by atoms with E-state index in [1.807, 2.05) is 13.8 Å². The number of aldehydes is 1. The first-order valence-electron chi connectivity index (χ1n) is 7.72. The van der Waals surface area contributed by atoms with Gasteiger partial charge in [-0.3, -0.25) is 14.4 Å². The van der Waals surface area contributed by atoms with Crippen molar-refractivity contribution >= 4 is 23.6 Å². The zero-order valence-electron chi connectivity index (χ0n) is 13.3. The van der Waals surface area contributed by atoms with E-state index < -0.39 is 5.41 Å². The summed E-state index contributed by atoms with van der Waals surface area (Å²) < 4.78 is 0. The van der Waals surface area contributed by atoms with Crippen molar-refractivity contribution in [1.29, 1.82) is 0 Å². The predicted molar refractivity (Wildman–Crippen MR) is 82.0 cm³/mol. The first kappa shape index (κ1) is 19.4. The van der Waals surface area contributed by atoms with E-state index in [0.717, 1.165) is 6.42 Å². The summed E-state index contributed by atoms with van der Waals surface area (Å²) in [5.74, 6) is -1.05. The highest BCUT2D eigenvalue weighted by molar-refractivity contribution is 6.26. The second kappa shape index (κ2) is 10.2. The van der Waals surface area contributed by atoms with Crippen molar-refractivity contribution in [2.24, 2.45) is 5.41 Å². The molecule has 0 spiro atoms. The maximum Gasteiger partial charge on any atom is 0.163 e. The second-order valence-corrected chi connectivity index (χ2v) is 5.09. The molecule has 118 valence electrons. The zero-order valence-corrected chi connectivity index (χ0v) is 13.3. The lowest BCUT2D eigenvalue weighted by Gasteiger charge is -2.26. The van der Waals surface area contributed by atoms with Crippen LogP contribution in [0.1, 0.15) is 65.7 Å². The molecule has 21 heavy (non-hydrogen) atoms. The topological polar surface area (TPSA) is 68.3 Å². The summed E-state index contributed by atoms with van der Waals surface area (Å²) in [5, 5.41) is 0. The van der Waals surface area contributed by atoms with Gasteiger partial charge < -0.3 is 4.79 Å². The minimum Gasteiger partial charge on any atom is -0.303 e. The van der Waals surface area contributed by atoms with E-state index in [1.165, 1.54) is 12.2 Å². The molecule has 4 nitrogen and oxygen atoms in total. The molecule has 1 unspecified atom stereocenters. The second-order valence-electron chi connectivity index (χ2n) is 5.09. The molecule has 0 saturated heterocycles. The normalized spacial score (nSPS) is 13.9. The van der Waals surface area contributed by atoms with Crippen LogP contribution in [0.5, 0.6) is 0 Å². The average Bonchev–Trinajstić information content (AvgIpc) is 2.48. The van der Waals surface area contributed by atoms with E-state index in [1.54, 1.807) is 6.92 Å². The van der Waals surface area contributed by atoms with Gasteiger partial charge in [0.1, 0.15) is 6.29 Å². The molecule has 1 atom stereocenters. The highest BCUT2D eigenvalue weighted by Gasteiger charge is 2.47. The monoisotopic (exact) mass is 294 g/mol. The molecule has 0 saturated carbocycles. The molecular formula is C17H26O4. The Labute approximate surface area is 127 Å². The van der Waals surface area contributed by atoms with Crippen molar-refractivity contribution in [2.75, 3.05) is 0 Å². The highest BCUT2D eigenvalue weighted by Crippen LogP contribution is 2.30. The van der Waals surface area contributed by atoms with Crippen LogP contribution in [0, 0.1) is 5.41 Å². The van der Waals surface area contributed by atoms with Crippen molar-refractivity contribution in [1.82, 2.24) is 0 Å². The lowest BCUT2D eigenvalue weighted by atomic mass is 9.71. The molecule has 0 amide bonds. The molecule has 0 aromatic heterocycles. The van der Waals surface area contributed by atoms with E-state index in [2.05, 4.69) is 0 Å². The molecule has 0 radical (unpaired) electrons. The Morgan fingerprint density at radius 2 is 1.52 bits per heavy atom. The number of carbonyl (C=O) groups excluding carboxylic acids is 4. The van der Waals surface area contributed by atoms with Crippen LogP contribution < -0.4 is 0 Å². The molecule has 0 rings (SSSR count). The minimum atomic E-state index is -1.68. The van der Waals surface area contributed by atoms with Crippen LogP contribution in [0.4, 0.5) is 0 Å². The molecule has 0 N–H and O–H groups in total. The van der Waals surface area contributed by atoms with Crippen molar-refractivity contribution in [3.8, 4) is 0 Å². The van der Waals surface area contributed by atoms with Gasteiger partial charge in [-0.25, -0.2) is 0 Å². The van der Waals surface area contributed by atoms with Crippen LogP contribution in [0.2, 0.25) is 0 Å². The summed E-state index contributed by atoms with van der Waals surface area (Å²) >= 11 is 0.